The number of carboxylic acids is 1. The standard InChI is InChI=1S/C21H41N5O6S/c1-12(2)11-16(26-20(30)17(23)13(3)27)19(29)24-14(7-5-6-9-22)18(28)25-15(21(31)32)8-10-33-4/h12-17,27H,5-11,22-23H2,1-4H3,(H,24,29)(H,25,28)(H,26,30)(H,31,32). The average Bonchev–Trinajstić information content (AvgIpc) is 2.73. The number of carboxylic acid groups (broad SMARTS) is 1. The molecule has 0 aromatic rings. The fraction of sp³-hybridized carbons (Fsp3) is 0.810. The third-order valence-corrected chi connectivity index (χ3v) is 5.61. The number of nitrogens with two attached hydrogens (primary N) is 2. The number of unbranched alkanes of at least 4 members (excludes halogenated alkanes) is 1. The van der Waals surface area contributed by atoms with Gasteiger partial charge in [-0.1, -0.05) is 13.8 Å². The Kier molecular flexibility index (Phi) is 15.7. The summed E-state index contributed by atoms with van der Waals surface area (Å²) in [5, 5.41) is 26.6. The maximum Gasteiger partial charge on any atom is 0.326 e. The topological polar surface area (TPSA) is 197 Å². The number of aliphatic hydroxyl groups is 1. The molecule has 0 aromatic carbocycles. The van der Waals surface area contributed by atoms with Crippen molar-refractivity contribution in [3.63, 3.8) is 0 Å². The molecule has 0 aliphatic rings. The summed E-state index contributed by atoms with van der Waals surface area (Å²) in [7, 11) is 0. The number of hydrogen-bond acceptors (Lipinski definition) is 8. The van der Waals surface area contributed by atoms with E-state index in [1.165, 1.54) is 18.7 Å². The van der Waals surface area contributed by atoms with Crippen molar-refractivity contribution in [3.05, 3.63) is 0 Å². The first-order valence-corrected chi connectivity index (χ1v) is 12.6. The minimum atomic E-state index is -1.20. The van der Waals surface area contributed by atoms with Crippen LogP contribution in [-0.2, 0) is 19.2 Å². The molecule has 0 aromatic heterocycles. The molecule has 0 fully saturated rings. The number of carbonyl (C=O) groups excluding carboxylic acids is 3. The Morgan fingerprint density at radius 3 is 1.91 bits per heavy atom. The zero-order chi connectivity index (χ0) is 25.6. The zero-order valence-electron chi connectivity index (χ0n) is 20.0. The fourth-order valence-electron chi connectivity index (χ4n) is 2.99. The molecular weight excluding hydrogens is 450 g/mol. The number of carbonyl (C=O) groups is 4. The minimum Gasteiger partial charge on any atom is -0.480 e. The van der Waals surface area contributed by atoms with E-state index in [4.69, 9.17) is 11.5 Å². The molecule has 192 valence electrons. The lowest BCUT2D eigenvalue weighted by molar-refractivity contribution is -0.142. The molecule has 0 spiro atoms. The van der Waals surface area contributed by atoms with Gasteiger partial charge in [0.1, 0.15) is 24.2 Å². The fourth-order valence-corrected chi connectivity index (χ4v) is 3.46. The Hall–Kier alpha value is -1.89. The molecule has 0 bridgehead atoms. The second-order valence-corrected chi connectivity index (χ2v) is 9.47. The quantitative estimate of drug-likeness (QED) is 0.127. The zero-order valence-corrected chi connectivity index (χ0v) is 20.8. The average molecular weight is 492 g/mol. The number of rotatable bonds is 17. The van der Waals surface area contributed by atoms with E-state index >= 15 is 0 Å². The van der Waals surface area contributed by atoms with E-state index in [2.05, 4.69) is 16.0 Å². The summed E-state index contributed by atoms with van der Waals surface area (Å²) in [4.78, 5) is 49.6. The number of thioether (sulfide) groups is 1. The highest BCUT2D eigenvalue weighted by molar-refractivity contribution is 7.98. The van der Waals surface area contributed by atoms with Gasteiger partial charge < -0.3 is 37.6 Å². The lowest BCUT2D eigenvalue weighted by Crippen LogP contribution is -2.58. The Balaban J connectivity index is 5.48. The monoisotopic (exact) mass is 491 g/mol. The van der Waals surface area contributed by atoms with Crippen molar-refractivity contribution in [3.8, 4) is 0 Å². The SMILES string of the molecule is CSCCC(NC(=O)C(CCCCN)NC(=O)C(CC(C)C)NC(=O)C(N)C(C)O)C(=O)O. The highest BCUT2D eigenvalue weighted by Gasteiger charge is 2.31. The first-order chi connectivity index (χ1) is 15.4. The summed E-state index contributed by atoms with van der Waals surface area (Å²) in [6.07, 6.45) is 2.70. The Morgan fingerprint density at radius 2 is 1.42 bits per heavy atom. The van der Waals surface area contributed by atoms with Crippen LogP contribution in [0.25, 0.3) is 0 Å². The minimum absolute atomic E-state index is 0.0382. The van der Waals surface area contributed by atoms with Gasteiger partial charge in [0.25, 0.3) is 0 Å². The van der Waals surface area contributed by atoms with Gasteiger partial charge in [0, 0.05) is 0 Å². The van der Waals surface area contributed by atoms with Crippen molar-refractivity contribution in [1.82, 2.24) is 16.0 Å². The Labute approximate surface area is 200 Å². The predicted octanol–water partition coefficient (Wildman–Crippen LogP) is -0.838. The Bertz CT molecular complexity index is 634. The van der Waals surface area contributed by atoms with E-state index < -0.39 is 54.0 Å². The van der Waals surface area contributed by atoms with Gasteiger partial charge in [0.2, 0.25) is 17.7 Å². The molecule has 0 saturated carbocycles. The van der Waals surface area contributed by atoms with Crippen LogP contribution < -0.4 is 27.4 Å². The number of hydrogen-bond donors (Lipinski definition) is 7. The number of nitrogens with one attached hydrogen (secondary N) is 3. The van der Waals surface area contributed by atoms with E-state index in [0.717, 1.165) is 0 Å². The summed E-state index contributed by atoms with van der Waals surface area (Å²) in [6, 6.07) is -4.24. The number of amides is 3. The highest BCUT2D eigenvalue weighted by atomic mass is 32.2. The largest absolute Gasteiger partial charge is 0.480 e. The van der Waals surface area contributed by atoms with Gasteiger partial charge in [-0.25, -0.2) is 4.79 Å². The maximum absolute atomic E-state index is 13.0. The van der Waals surface area contributed by atoms with Gasteiger partial charge in [-0.15, -0.1) is 0 Å². The maximum atomic E-state index is 13.0. The van der Waals surface area contributed by atoms with Gasteiger partial charge in [0.05, 0.1) is 6.10 Å². The molecule has 11 nitrogen and oxygen atoms in total. The molecule has 0 saturated heterocycles. The lowest BCUT2D eigenvalue weighted by atomic mass is 10.0. The summed E-state index contributed by atoms with van der Waals surface area (Å²) < 4.78 is 0. The van der Waals surface area contributed by atoms with Gasteiger partial charge in [-0.2, -0.15) is 11.8 Å². The van der Waals surface area contributed by atoms with Crippen molar-refractivity contribution < 1.29 is 29.4 Å². The predicted molar refractivity (Wildman–Crippen MR) is 128 cm³/mol. The van der Waals surface area contributed by atoms with Gasteiger partial charge >= 0.3 is 5.97 Å². The van der Waals surface area contributed by atoms with Crippen molar-refractivity contribution >= 4 is 35.5 Å². The summed E-state index contributed by atoms with van der Waals surface area (Å²) in [6.45, 7) is 5.53. The third kappa shape index (κ3) is 12.8. The highest BCUT2D eigenvalue weighted by Crippen LogP contribution is 2.09. The molecular formula is C21H41N5O6S. The van der Waals surface area contributed by atoms with Crippen LogP contribution in [0.15, 0.2) is 0 Å². The van der Waals surface area contributed by atoms with E-state index in [0.29, 0.717) is 25.1 Å². The van der Waals surface area contributed by atoms with Gasteiger partial charge in [-0.05, 0) is 63.5 Å². The summed E-state index contributed by atoms with van der Waals surface area (Å²) in [5.74, 6) is -2.44. The molecule has 3 amide bonds. The van der Waals surface area contributed by atoms with Crippen molar-refractivity contribution in [1.29, 1.82) is 0 Å². The molecule has 0 radical (unpaired) electrons. The van der Waals surface area contributed by atoms with Crippen molar-refractivity contribution in [2.75, 3.05) is 18.6 Å². The second-order valence-electron chi connectivity index (χ2n) is 8.48. The van der Waals surface area contributed by atoms with Crippen LogP contribution in [0.5, 0.6) is 0 Å². The van der Waals surface area contributed by atoms with Crippen LogP contribution in [0.3, 0.4) is 0 Å². The molecule has 9 N–H and O–H groups in total. The van der Waals surface area contributed by atoms with E-state index in [-0.39, 0.29) is 25.2 Å². The number of aliphatic hydroxyl groups excluding tert-OH is 1. The molecule has 5 unspecified atom stereocenters. The smallest absolute Gasteiger partial charge is 0.326 e. The Morgan fingerprint density at radius 1 is 0.879 bits per heavy atom. The normalized spacial score (nSPS) is 15.8. The first-order valence-electron chi connectivity index (χ1n) is 11.2. The summed E-state index contributed by atoms with van der Waals surface area (Å²) in [5.41, 5.74) is 11.2. The molecule has 0 aliphatic heterocycles. The summed E-state index contributed by atoms with van der Waals surface area (Å²) >= 11 is 1.46. The molecule has 0 rings (SSSR count). The van der Waals surface area contributed by atoms with Crippen LogP contribution in [0.4, 0.5) is 0 Å². The third-order valence-electron chi connectivity index (χ3n) is 4.97. The number of aliphatic carboxylic acids is 1. The molecule has 0 aliphatic carbocycles. The van der Waals surface area contributed by atoms with Crippen LogP contribution in [0, 0.1) is 5.92 Å². The lowest BCUT2D eigenvalue weighted by Gasteiger charge is -2.26. The molecule has 33 heavy (non-hydrogen) atoms. The van der Waals surface area contributed by atoms with Crippen LogP contribution in [-0.4, -0.2) is 82.7 Å². The van der Waals surface area contributed by atoms with E-state index in [1.807, 2.05) is 20.1 Å². The van der Waals surface area contributed by atoms with Crippen molar-refractivity contribution in [2.45, 2.75) is 83.1 Å². The van der Waals surface area contributed by atoms with Gasteiger partial charge in [-0.3, -0.25) is 14.4 Å². The van der Waals surface area contributed by atoms with E-state index in [9.17, 15) is 29.4 Å². The van der Waals surface area contributed by atoms with Crippen LogP contribution >= 0.6 is 11.8 Å². The first kappa shape index (κ1) is 31.1. The molecule has 0 heterocycles. The van der Waals surface area contributed by atoms with Crippen LogP contribution in [0.2, 0.25) is 0 Å². The second kappa shape index (κ2) is 16.7. The van der Waals surface area contributed by atoms with Crippen molar-refractivity contribution in [2.24, 2.45) is 17.4 Å². The van der Waals surface area contributed by atoms with E-state index in [1.54, 1.807) is 0 Å². The molecule has 5 atom stereocenters. The van der Waals surface area contributed by atoms with Crippen LogP contribution in [0.1, 0.15) is 52.9 Å². The van der Waals surface area contributed by atoms with Gasteiger partial charge in [0.15, 0.2) is 0 Å². The molecule has 12 heteroatoms.